The molecule has 3 aliphatic heterocycles. The molecule has 2 saturated heterocycles. The van der Waals surface area contributed by atoms with E-state index in [0.29, 0.717) is 12.0 Å². The summed E-state index contributed by atoms with van der Waals surface area (Å²) in [7, 11) is -3.21. The van der Waals surface area contributed by atoms with E-state index in [9.17, 15) is 13.2 Å². The molecule has 1 spiro atoms. The first-order valence-electron chi connectivity index (χ1n) is 11.2. The smallest absolute Gasteiger partial charge is 0.338 e. The zero-order valence-electron chi connectivity index (χ0n) is 18.6. The molecule has 7 nitrogen and oxygen atoms in total. The SMILES string of the molecule is Cc1c(CCN2CCC3(CC2)CN(c2ccc(S(C)(=O)=O)cn2)C3)ccc2c1COC2=O. The third kappa shape index (κ3) is 3.90. The standard InChI is InChI=1S/C24H29N3O4S/c1-17-18(3-5-20-21(17)14-31-23(20)28)7-10-26-11-8-24(9-12-26)15-27(16-24)22-6-4-19(13-25-22)32(2,29)30/h3-6,13H,7-12,14-16H2,1-2H3. The molecule has 0 atom stereocenters. The van der Waals surface area contributed by atoms with E-state index < -0.39 is 9.84 Å². The van der Waals surface area contributed by atoms with Crippen LogP contribution in [0.15, 0.2) is 35.4 Å². The van der Waals surface area contributed by atoms with E-state index in [4.69, 9.17) is 4.74 Å². The van der Waals surface area contributed by atoms with Crippen molar-refractivity contribution in [3.63, 3.8) is 0 Å². The molecular formula is C24H29N3O4S. The molecule has 0 aliphatic carbocycles. The molecule has 0 saturated carbocycles. The maximum Gasteiger partial charge on any atom is 0.338 e. The number of cyclic esters (lactones) is 1. The number of sulfone groups is 1. The number of hydrogen-bond donors (Lipinski definition) is 0. The molecule has 5 rings (SSSR count). The Kier molecular flexibility index (Phi) is 5.25. The number of carbonyl (C=O) groups excluding carboxylic acids is 1. The van der Waals surface area contributed by atoms with Gasteiger partial charge in [0.05, 0.1) is 10.5 Å². The molecule has 1 aromatic carbocycles. The highest BCUT2D eigenvalue weighted by atomic mass is 32.2. The molecule has 3 aliphatic rings. The first-order chi connectivity index (χ1) is 15.2. The molecule has 0 unspecified atom stereocenters. The Balaban J connectivity index is 1.12. The van der Waals surface area contributed by atoms with E-state index in [1.54, 1.807) is 6.07 Å². The molecule has 2 aromatic rings. The van der Waals surface area contributed by atoms with Crippen LogP contribution in [0.4, 0.5) is 5.82 Å². The fraction of sp³-hybridized carbons (Fsp3) is 0.500. The van der Waals surface area contributed by atoms with Crippen molar-refractivity contribution in [3.8, 4) is 0 Å². The number of carbonyl (C=O) groups is 1. The Labute approximate surface area is 189 Å². The summed E-state index contributed by atoms with van der Waals surface area (Å²) in [6, 6.07) is 7.46. The van der Waals surface area contributed by atoms with E-state index in [0.717, 1.165) is 56.1 Å². The number of benzene rings is 1. The van der Waals surface area contributed by atoms with E-state index in [-0.39, 0.29) is 10.9 Å². The molecule has 0 bridgehead atoms. The summed E-state index contributed by atoms with van der Waals surface area (Å²) in [6.45, 7) is 7.71. The Hall–Kier alpha value is -2.45. The number of esters is 1. The molecule has 32 heavy (non-hydrogen) atoms. The third-order valence-corrected chi connectivity index (χ3v) is 8.52. The van der Waals surface area contributed by atoms with Crippen molar-refractivity contribution in [2.24, 2.45) is 5.41 Å². The van der Waals surface area contributed by atoms with Gasteiger partial charge in [0.1, 0.15) is 12.4 Å². The van der Waals surface area contributed by atoms with Crippen molar-refractivity contribution in [2.45, 2.75) is 37.7 Å². The number of nitrogens with zero attached hydrogens (tertiary/aromatic N) is 3. The molecule has 0 amide bonds. The molecular weight excluding hydrogens is 426 g/mol. The van der Waals surface area contributed by atoms with Crippen molar-refractivity contribution >= 4 is 21.6 Å². The van der Waals surface area contributed by atoms with Gasteiger partial charge in [-0.15, -0.1) is 0 Å². The minimum Gasteiger partial charge on any atom is -0.457 e. The first kappa shape index (κ1) is 21.4. The monoisotopic (exact) mass is 455 g/mol. The molecule has 4 heterocycles. The largest absolute Gasteiger partial charge is 0.457 e. The van der Waals surface area contributed by atoms with Crippen LogP contribution in [-0.2, 0) is 27.6 Å². The lowest BCUT2D eigenvalue weighted by Gasteiger charge is -2.54. The summed E-state index contributed by atoms with van der Waals surface area (Å²) in [5.41, 5.74) is 4.64. The molecule has 1 aromatic heterocycles. The predicted molar refractivity (Wildman–Crippen MR) is 122 cm³/mol. The predicted octanol–water partition coefficient (Wildman–Crippen LogP) is 2.61. The highest BCUT2D eigenvalue weighted by molar-refractivity contribution is 7.90. The summed E-state index contributed by atoms with van der Waals surface area (Å²) >= 11 is 0. The van der Waals surface area contributed by atoms with Crippen LogP contribution in [0.5, 0.6) is 0 Å². The van der Waals surface area contributed by atoms with Gasteiger partial charge in [0.2, 0.25) is 0 Å². The van der Waals surface area contributed by atoms with Crippen molar-refractivity contribution in [1.29, 1.82) is 0 Å². The van der Waals surface area contributed by atoms with Crippen LogP contribution in [0.3, 0.4) is 0 Å². The van der Waals surface area contributed by atoms with Gasteiger partial charge in [0.25, 0.3) is 0 Å². The van der Waals surface area contributed by atoms with Gasteiger partial charge in [-0.25, -0.2) is 18.2 Å². The van der Waals surface area contributed by atoms with Gasteiger partial charge < -0.3 is 14.5 Å². The number of hydrogen-bond acceptors (Lipinski definition) is 7. The lowest BCUT2D eigenvalue weighted by Crippen LogP contribution is -2.60. The second-order valence-electron chi connectivity index (χ2n) is 9.52. The summed E-state index contributed by atoms with van der Waals surface area (Å²) in [4.78, 5) is 21.2. The van der Waals surface area contributed by atoms with Crippen molar-refractivity contribution in [2.75, 3.05) is 43.9 Å². The summed E-state index contributed by atoms with van der Waals surface area (Å²) < 4.78 is 28.4. The normalized spacial score (nSPS) is 20.2. The second kappa shape index (κ2) is 7.85. The van der Waals surface area contributed by atoms with Crippen LogP contribution >= 0.6 is 0 Å². The highest BCUT2D eigenvalue weighted by Gasteiger charge is 2.45. The van der Waals surface area contributed by atoms with Crippen LogP contribution < -0.4 is 4.90 Å². The van der Waals surface area contributed by atoms with Crippen molar-refractivity contribution in [1.82, 2.24) is 9.88 Å². The number of piperidine rings is 1. The van der Waals surface area contributed by atoms with Gasteiger partial charge in [-0.3, -0.25) is 0 Å². The molecule has 0 N–H and O–H groups in total. The third-order valence-electron chi connectivity index (χ3n) is 7.42. The van der Waals surface area contributed by atoms with Gasteiger partial charge in [0, 0.05) is 43.1 Å². The minimum atomic E-state index is -3.21. The van der Waals surface area contributed by atoms with Gasteiger partial charge in [0.15, 0.2) is 9.84 Å². The van der Waals surface area contributed by atoms with E-state index in [2.05, 4.69) is 27.8 Å². The van der Waals surface area contributed by atoms with Crippen LogP contribution in [0.2, 0.25) is 0 Å². The lowest BCUT2D eigenvalue weighted by atomic mass is 9.72. The van der Waals surface area contributed by atoms with E-state index in [1.165, 1.54) is 36.4 Å². The van der Waals surface area contributed by atoms with Gasteiger partial charge in [-0.2, -0.15) is 0 Å². The number of rotatable bonds is 5. The van der Waals surface area contributed by atoms with Gasteiger partial charge in [-0.05, 0) is 68.6 Å². The quantitative estimate of drug-likeness (QED) is 0.641. The van der Waals surface area contributed by atoms with Crippen LogP contribution in [0, 0.1) is 12.3 Å². The number of fused-ring (bicyclic) bond motifs is 1. The van der Waals surface area contributed by atoms with Crippen molar-refractivity contribution in [3.05, 3.63) is 52.7 Å². The first-order valence-corrected chi connectivity index (χ1v) is 13.1. The number of likely N-dealkylation sites (tertiary alicyclic amines) is 1. The highest BCUT2D eigenvalue weighted by Crippen LogP contribution is 2.42. The van der Waals surface area contributed by atoms with E-state index in [1.807, 2.05) is 12.1 Å². The van der Waals surface area contributed by atoms with Crippen LogP contribution in [0.1, 0.15) is 39.9 Å². The Morgan fingerprint density at radius 3 is 2.53 bits per heavy atom. The molecule has 2 fully saturated rings. The maximum absolute atomic E-state index is 11.7. The zero-order chi connectivity index (χ0) is 22.5. The fourth-order valence-corrected chi connectivity index (χ4v) is 5.78. The maximum atomic E-state index is 11.7. The zero-order valence-corrected chi connectivity index (χ0v) is 19.5. The fourth-order valence-electron chi connectivity index (χ4n) is 5.22. The number of aromatic nitrogens is 1. The number of ether oxygens (including phenoxy) is 1. The molecule has 170 valence electrons. The lowest BCUT2D eigenvalue weighted by molar-refractivity contribution is 0.0535. The summed E-state index contributed by atoms with van der Waals surface area (Å²) in [6.07, 6.45) is 6.01. The molecule has 0 radical (unpaired) electrons. The number of anilines is 1. The van der Waals surface area contributed by atoms with E-state index >= 15 is 0 Å². The Bertz CT molecular complexity index is 1140. The van der Waals surface area contributed by atoms with Crippen LogP contribution in [0.25, 0.3) is 0 Å². The second-order valence-corrected chi connectivity index (χ2v) is 11.5. The summed E-state index contributed by atoms with van der Waals surface area (Å²) in [5, 5.41) is 0. The Morgan fingerprint density at radius 1 is 1.12 bits per heavy atom. The average molecular weight is 456 g/mol. The number of pyridine rings is 1. The average Bonchev–Trinajstić information content (AvgIpc) is 3.13. The minimum absolute atomic E-state index is 0.202. The van der Waals surface area contributed by atoms with Crippen molar-refractivity contribution < 1.29 is 17.9 Å². The van der Waals surface area contributed by atoms with Gasteiger partial charge >= 0.3 is 5.97 Å². The van der Waals surface area contributed by atoms with Gasteiger partial charge in [-0.1, -0.05) is 6.07 Å². The Morgan fingerprint density at radius 2 is 1.88 bits per heavy atom. The topological polar surface area (TPSA) is 79.8 Å². The molecule has 8 heteroatoms. The van der Waals surface area contributed by atoms with Crippen LogP contribution in [-0.4, -0.2) is 63.3 Å². The summed E-state index contributed by atoms with van der Waals surface area (Å²) in [5.74, 6) is 0.659.